The zero-order valence-electron chi connectivity index (χ0n) is 12.3. The fraction of sp³-hybridized carbons (Fsp3) is 0.600. The van der Waals surface area contributed by atoms with Gasteiger partial charge in [-0.1, -0.05) is 12.1 Å². The molecular weight excluding hydrogens is 240 g/mol. The van der Waals surface area contributed by atoms with Crippen molar-refractivity contribution in [3.05, 3.63) is 29.8 Å². The van der Waals surface area contributed by atoms with Gasteiger partial charge in [0, 0.05) is 10.5 Å². The van der Waals surface area contributed by atoms with E-state index in [1.165, 1.54) is 36.6 Å². The second-order valence-electron chi connectivity index (χ2n) is 4.94. The highest BCUT2D eigenvalue weighted by Gasteiger charge is 2.08. The van der Waals surface area contributed by atoms with Crippen LogP contribution in [0.4, 0.5) is 0 Å². The van der Waals surface area contributed by atoms with Crippen LogP contribution in [0.3, 0.4) is 0 Å². The van der Waals surface area contributed by atoms with Crippen molar-refractivity contribution in [3.63, 3.8) is 0 Å². The van der Waals surface area contributed by atoms with E-state index in [1.54, 1.807) is 21.6 Å². The highest BCUT2D eigenvalue weighted by atomic mass is 32.2. The lowest BCUT2D eigenvalue weighted by atomic mass is 10.2. The third-order valence-corrected chi connectivity index (χ3v) is 4.31. The van der Waals surface area contributed by atoms with Crippen LogP contribution < -0.4 is 9.80 Å². The van der Waals surface area contributed by atoms with Gasteiger partial charge in [-0.25, -0.2) is 0 Å². The van der Waals surface area contributed by atoms with Crippen molar-refractivity contribution in [2.45, 2.75) is 25.3 Å². The van der Waals surface area contributed by atoms with Crippen LogP contribution in [0.25, 0.3) is 0 Å². The summed E-state index contributed by atoms with van der Waals surface area (Å²) in [6, 6.07) is 8.98. The van der Waals surface area contributed by atoms with E-state index in [2.05, 4.69) is 51.4 Å². The van der Waals surface area contributed by atoms with Gasteiger partial charge in [-0.2, -0.15) is 0 Å². The molecular formula is C15H28N2S+2. The number of rotatable bonds is 8. The molecule has 0 amide bonds. The van der Waals surface area contributed by atoms with E-state index in [-0.39, 0.29) is 0 Å². The summed E-state index contributed by atoms with van der Waals surface area (Å²) in [5.74, 6) is 0. The van der Waals surface area contributed by atoms with Crippen LogP contribution in [0, 0.1) is 0 Å². The van der Waals surface area contributed by atoms with Crippen LogP contribution >= 0.6 is 11.8 Å². The standard InChI is InChI=1S/C15H26N2S/c1-5-17(6-2)12-11-16(3)13-14-7-9-15(18-4)10-8-14/h7-10H,5-6,11-13H2,1-4H3/p+2. The van der Waals surface area contributed by atoms with Crippen LogP contribution in [-0.4, -0.2) is 39.5 Å². The Labute approximate surface area is 116 Å². The summed E-state index contributed by atoms with van der Waals surface area (Å²) in [4.78, 5) is 4.65. The number of hydrogen-bond donors (Lipinski definition) is 2. The summed E-state index contributed by atoms with van der Waals surface area (Å²) < 4.78 is 0. The van der Waals surface area contributed by atoms with Crippen molar-refractivity contribution in [2.75, 3.05) is 39.5 Å². The molecule has 0 aliphatic rings. The molecule has 0 aromatic heterocycles. The second kappa shape index (κ2) is 8.57. The first-order chi connectivity index (χ1) is 8.69. The van der Waals surface area contributed by atoms with E-state index in [4.69, 9.17) is 0 Å². The molecule has 2 nitrogen and oxygen atoms in total. The molecule has 1 aromatic carbocycles. The minimum Gasteiger partial charge on any atom is -0.331 e. The molecule has 18 heavy (non-hydrogen) atoms. The topological polar surface area (TPSA) is 8.88 Å². The molecule has 0 heterocycles. The van der Waals surface area contributed by atoms with Crippen LogP contribution in [0.5, 0.6) is 0 Å². The minimum absolute atomic E-state index is 1.13. The molecule has 3 heteroatoms. The Hall–Kier alpha value is -0.510. The Morgan fingerprint density at radius 1 is 1.00 bits per heavy atom. The molecule has 1 aromatic rings. The molecule has 1 unspecified atom stereocenters. The number of benzene rings is 1. The van der Waals surface area contributed by atoms with Gasteiger partial charge in [-0.15, -0.1) is 11.8 Å². The summed E-state index contributed by atoms with van der Waals surface area (Å²) in [5.41, 5.74) is 1.44. The minimum atomic E-state index is 1.13. The third kappa shape index (κ3) is 5.42. The van der Waals surface area contributed by atoms with E-state index in [0.717, 1.165) is 6.54 Å². The predicted molar refractivity (Wildman–Crippen MR) is 80.6 cm³/mol. The Bertz CT molecular complexity index is 320. The zero-order valence-corrected chi connectivity index (χ0v) is 13.1. The van der Waals surface area contributed by atoms with Gasteiger partial charge in [0.2, 0.25) is 0 Å². The second-order valence-corrected chi connectivity index (χ2v) is 5.82. The SMILES string of the molecule is CC[NH+](CC)CC[NH+](C)Cc1ccc(SC)cc1. The average Bonchev–Trinajstić information content (AvgIpc) is 2.41. The van der Waals surface area contributed by atoms with Gasteiger partial charge >= 0.3 is 0 Å². The van der Waals surface area contributed by atoms with Crippen molar-refractivity contribution >= 4 is 11.8 Å². The highest BCUT2D eigenvalue weighted by Crippen LogP contribution is 2.14. The van der Waals surface area contributed by atoms with E-state index in [1.807, 2.05) is 0 Å². The number of hydrogen-bond acceptors (Lipinski definition) is 1. The van der Waals surface area contributed by atoms with Crippen LogP contribution in [0.2, 0.25) is 0 Å². The van der Waals surface area contributed by atoms with Crippen LogP contribution in [-0.2, 0) is 6.54 Å². The van der Waals surface area contributed by atoms with Crippen molar-refractivity contribution in [2.24, 2.45) is 0 Å². The Morgan fingerprint density at radius 2 is 1.61 bits per heavy atom. The summed E-state index contributed by atoms with van der Waals surface area (Å²) in [6.45, 7) is 10.7. The fourth-order valence-corrected chi connectivity index (χ4v) is 2.58. The van der Waals surface area contributed by atoms with E-state index >= 15 is 0 Å². The average molecular weight is 268 g/mol. The first-order valence-corrected chi connectivity index (χ1v) is 8.19. The molecule has 2 N–H and O–H groups in total. The lowest BCUT2D eigenvalue weighted by Gasteiger charge is -2.19. The first-order valence-electron chi connectivity index (χ1n) is 6.97. The Morgan fingerprint density at radius 3 is 2.11 bits per heavy atom. The molecule has 0 aliphatic heterocycles. The zero-order chi connectivity index (χ0) is 13.4. The molecule has 0 saturated heterocycles. The largest absolute Gasteiger partial charge is 0.331 e. The molecule has 0 bridgehead atoms. The van der Waals surface area contributed by atoms with Crippen molar-refractivity contribution < 1.29 is 9.80 Å². The van der Waals surface area contributed by atoms with Crippen molar-refractivity contribution in [3.8, 4) is 0 Å². The Kier molecular flexibility index (Phi) is 7.40. The first kappa shape index (κ1) is 15.5. The predicted octanol–water partition coefficient (Wildman–Crippen LogP) is 0.348. The molecule has 0 radical (unpaired) electrons. The van der Waals surface area contributed by atoms with Gasteiger partial charge in [0.05, 0.1) is 20.1 Å². The summed E-state index contributed by atoms with van der Waals surface area (Å²) in [6.07, 6.45) is 2.12. The molecule has 0 spiro atoms. The quantitative estimate of drug-likeness (QED) is 0.647. The molecule has 102 valence electrons. The highest BCUT2D eigenvalue weighted by molar-refractivity contribution is 7.98. The molecule has 0 saturated carbocycles. The van der Waals surface area contributed by atoms with Gasteiger partial charge in [0.1, 0.15) is 19.6 Å². The van der Waals surface area contributed by atoms with Crippen molar-refractivity contribution in [1.82, 2.24) is 0 Å². The van der Waals surface area contributed by atoms with Gasteiger partial charge in [0.25, 0.3) is 0 Å². The summed E-state index contributed by atoms with van der Waals surface area (Å²) in [7, 11) is 2.30. The summed E-state index contributed by atoms with van der Waals surface area (Å²) >= 11 is 1.81. The van der Waals surface area contributed by atoms with Gasteiger partial charge in [-0.05, 0) is 32.2 Å². The number of nitrogens with one attached hydrogen (secondary N) is 2. The molecule has 1 atom stereocenters. The lowest BCUT2D eigenvalue weighted by molar-refractivity contribution is -0.953. The van der Waals surface area contributed by atoms with Crippen LogP contribution in [0.15, 0.2) is 29.2 Å². The maximum atomic E-state index is 2.30. The van der Waals surface area contributed by atoms with Gasteiger partial charge in [0.15, 0.2) is 0 Å². The molecule has 1 rings (SSSR count). The number of thioether (sulfide) groups is 1. The van der Waals surface area contributed by atoms with E-state index < -0.39 is 0 Å². The monoisotopic (exact) mass is 268 g/mol. The third-order valence-electron chi connectivity index (χ3n) is 3.57. The van der Waals surface area contributed by atoms with E-state index in [9.17, 15) is 0 Å². The van der Waals surface area contributed by atoms with Gasteiger partial charge < -0.3 is 9.80 Å². The normalized spacial score (nSPS) is 12.9. The molecule has 0 fully saturated rings. The maximum absolute atomic E-state index is 2.30. The number of likely N-dealkylation sites (N-methyl/N-ethyl adjacent to an activating group) is 2. The maximum Gasteiger partial charge on any atom is 0.127 e. The van der Waals surface area contributed by atoms with Crippen molar-refractivity contribution in [1.29, 1.82) is 0 Å². The van der Waals surface area contributed by atoms with Crippen LogP contribution in [0.1, 0.15) is 19.4 Å². The fourth-order valence-electron chi connectivity index (χ4n) is 2.17. The number of quaternary nitrogens is 2. The van der Waals surface area contributed by atoms with Gasteiger partial charge in [-0.3, -0.25) is 0 Å². The summed E-state index contributed by atoms with van der Waals surface area (Å²) in [5, 5.41) is 0. The lowest BCUT2D eigenvalue weighted by Crippen LogP contribution is -3.18. The molecule has 0 aliphatic carbocycles. The smallest absolute Gasteiger partial charge is 0.127 e. The van der Waals surface area contributed by atoms with E-state index in [0.29, 0.717) is 0 Å². The Balaban J connectivity index is 2.36.